The first kappa shape index (κ1) is 16.4. The number of carbonyl (C=O) groups excluding carboxylic acids is 1. The summed E-state index contributed by atoms with van der Waals surface area (Å²) in [6.07, 6.45) is -0.512. The van der Waals surface area contributed by atoms with E-state index in [4.69, 9.17) is 4.74 Å². The van der Waals surface area contributed by atoms with E-state index in [1.54, 1.807) is 19.2 Å². The van der Waals surface area contributed by atoms with Gasteiger partial charge >= 0.3 is 6.09 Å². The lowest BCUT2D eigenvalue weighted by Crippen LogP contribution is -2.42. The molecule has 1 saturated heterocycles. The highest BCUT2D eigenvalue weighted by Gasteiger charge is 2.34. The van der Waals surface area contributed by atoms with Gasteiger partial charge in [-0.3, -0.25) is 0 Å². The van der Waals surface area contributed by atoms with Crippen molar-refractivity contribution in [3.63, 3.8) is 0 Å². The largest absolute Gasteiger partial charge is 0.415 e. The van der Waals surface area contributed by atoms with Crippen molar-refractivity contribution in [2.75, 3.05) is 20.1 Å². The maximum absolute atomic E-state index is 13.1. The van der Waals surface area contributed by atoms with Crippen molar-refractivity contribution in [3.8, 4) is 5.75 Å². The van der Waals surface area contributed by atoms with Crippen LogP contribution in [0.4, 0.5) is 13.6 Å². The van der Waals surface area contributed by atoms with Crippen LogP contribution in [0.1, 0.15) is 11.5 Å². The smallest absolute Gasteiger partial charge is 0.410 e. The molecule has 0 unspecified atom stereocenters. The molecule has 2 aromatic rings. The number of likely N-dealkylation sites (N-methyl/N-ethyl adjacent to an activating group) is 1. The number of hydrogen-bond donors (Lipinski definition) is 1. The molecule has 1 aliphatic rings. The molecule has 1 aliphatic heterocycles. The topological polar surface area (TPSA) is 41.6 Å². The predicted molar refractivity (Wildman–Crippen MR) is 86.0 cm³/mol. The minimum Gasteiger partial charge on any atom is -0.410 e. The molecule has 126 valence electrons. The van der Waals surface area contributed by atoms with Gasteiger partial charge in [0, 0.05) is 26.1 Å². The Morgan fingerprint density at radius 2 is 1.62 bits per heavy atom. The van der Waals surface area contributed by atoms with Gasteiger partial charge in [0.15, 0.2) is 0 Å². The van der Waals surface area contributed by atoms with Crippen molar-refractivity contribution in [2.24, 2.45) is 0 Å². The first-order chi connectivity index (χ1) is 11.5. The quantitative estimate of drug-likeness (QED) is 0.939. The second-order valence-electron chi connectivity index (χ2n) is 5.82. The van der Waals surface area contributed by atoms with Gasteiger partial charge in [0.2, 0.25) is 0 Å². The summed E-state index contributed by atoms with van der Waals surface area (Å²) < 4.78 is 31.3. The lowest BCUT2D eigenvalue weighted by atomic mass is 9.93. The Labute approximate surface area is 139 Å². The summed E-state index contributed by atoms with van der Waals surface area (Å²) in [6.45, 7) is 1.32. The Morgan fingerprint density at radius 3 is 2.25 bits per heavy atom. The van der Waals surface area contributed by atoms with E-state index in [-0.39, 0.29) is 29.3 Å². The van der Waals surface area contributed by atoms with E-state index in [0.717, 1.165) is 5.56 Å². The van der Waals surface area contributed by atoms with Crippen molar-refractivity contribution in [3.05, 3.63) is 65.7 Å². The van der Waals surface area contributed by atoms with Gasteiger partial charge in [0.25, 0.3) is 0 Å². The molecule has 1 fully saturated rings. The van der Waals surface area contributed by atoms with E-state index in [2.05, 4.69) is 5.32 Å². The van der Waals surface area contributed by atoms with Crippen LogP contribution in [0.15, 0.2) is 48.5 Å². The minimum absolute atomic E-state index is 0.0522. The van der Waals surface area contributed by atoms with E-state index >= 15 is 0 Å². The third-order valence-electron chi connectivity index (χ3n) is 4.28. The van der Waals surface area contributed by atoms with E-state index in [1.165, 1.54) is 41.3 Å². The highest BCUT2D eigenvalue weighted by Crippen LogP contribution is 2.27. The molecule has 6 heteroatoms. The summed E-state index contributed by atoms with van der Waals surface area (Å²) in [5, 5.41) is 3.25. The zero-order valence-electron chi connectivity index (χ0n) is 13.2. The summed E-state index contributed by atoms with van der Waals surface area (Å²) in [5.74, 6) is -0.334. The van der Waals surface area contributed by atoms with Gasteiger partial charge in [-0.2, -0.15) is 0 Å². The summed E-state index contributed by atoms with van der Waals surface area (Å²) in [5.41, 5.74) is 0.966. The highest BCUT2D eigenvalue weighted by molar-refractivity contribution is 5.71. The van der Waals surface area contributed by atoms with Crippen LogP contribution >= 0.6 is 0 Å². The number of carbonyl (C=O) groups is 1. The molecular weight excluding hydrogens is 314 g/mol. The zero-order valence-corrected chi connectivity index (χ0v) is 13.2. The van der Waals surface area contributed by atoms with E-state index in [1.807, 2.05) is 0 Å². The molecule has 0 saturated carbocycles. The molecule has 24 heavy (non-hydrogen) atoms. The number of benzene rings is 2. The van der Waals surface area contributed by atoms with Crippen LogP contribution in [0.25, 0.3) is 0 Å². The van der Waals surface area contributed by atoms with Gasteiger partial charge in [0.1, 0.15) is 17.4 Å². The minimum atomic E-state index is -0.512. The summed E-state index contributed by atoms with van der Waals surface area (Å²) in [4.78, 5) is 13.9. The van der Waals surface area contributed by atoms with Crippen molar-refractivity contribution < 1.29 is 18.3 Å². The molecule has 0 radical (unpaired) electrons. The SMILES string of the molecule is CN(C(=O)Oc1ccc(F)cc1)[C@@H]1CNC[C@H]1c1ccc(F)cc1. The van der Waals surface area contributed by atoms with E-state index < -0.39 is 6.09 Å². The van der Waals surface area contributed by atoms with Crippen LogP contribution in [0.5, 0.6) is 5.75 Å². The van der Waals surface area contributed by atoms with Gasteiger partial charge < -0.3 is 15.0 Å². The number of ether oxygens (including phenoxy) is 1. The summed E-state index contributed by atoms with van der Waals surface area (Å²) >= 11 is 0. The van der Waals surface area contributed by atoms with Crippen LogP contribution in [-0.2, 0) is 0 Å². The van der Waals surface area contributed by atoms with Crippen molar-refractivity contribution in [1.82, 2.24) is 10.2 Å². The number of hydrogen-bond acceptors (Lipinski definition) is 3. The van der Waals surface area contributed by atoms with Gasteiger partial charge in [0.05, 0.1) is 6.04 Å². The number of amides is 1. The average molecular weight is 332 g/mol. The van der Waals surface area contributed by atoms with Gasteiger partial charge in [-0.25, -0.2) is 13.6 Å². The second-order valence-corrected chi connectivity index (χ2v) is 5.82. The Morgan fingerprint density at radius 1 is 1.04 bits per heavy atom. The molecule has 2 atom stereocenters. The summed E-state index contributed by atoms with van der Waals surface area (Å²) in [6, 6.07) is 11.5. The highest BCUT2D eigenvalue weighted by atomic mass is 19.1. The van der Waals surface area contributed by atoms with E-state index in [9.17, 15) is 13.6 Å². The Hall–Kier alpha value is -2.47. The molecular formula is C18H18F2N2O2. The predicted octanol–water partition coefficient (Wildman–Crippen LogP) is 3.15. The molecule has 0 bridgehead atoms. The van der Waals surface area contributed by atoms with Crippen LogP contribution < -0.4 is 10.1 Å². The number of halogens is 2. The van der Waals surface area contributed by atoms with Crippen LogP contribution in [0.3, 0.4) is 0 Å². The number of rotatable bonds is 3. The molecule has 1 N–H and O–H groups in total. The summed E-state index contributed by atoms with van der Waals surface area (Å²) in [7, 11) is 1.67. The lowest BCUT2D eigenvalue weighted by Gasteiger charge is -2.28. The first-order valence-electron chi connectivity index (χ1n) is 7.71. The second kappa shape index (κ2) is 6.97. The maximum Gasteiger partial charge on any atom is 0.415 e. The number of nitrogens with zero attached hydrogens (tertiary/aromatic N) is 1. The van der Waals surface area contributed by atoms with Crippen LogP contribution in [0.2, 0.25) is 0 Å². The fourth-order valence-corrected chi connectivity index (χ4v) is 2.93. The molecule has 0 aromatic heterocycles. The fourth-order valence-electron chi connectivity index (χ4n) is 2.93. The molecule has 1 amide bonds. The normalized spacial score (nSPS) is 20.0. The lowest BCUT2D eigenvalue weighted by molar-refractivity contribution is 0.145. The first-order valence-corrected chi connectivity index (χ1v) is 7.71. The maximum atomic E-state index is 13.1. The van der Waals surface area contributed by atoms with Gasteiger partial charge in [-0.1, -0.05) is 12.1 Å². The van der Waals surface area contributed by atoms with Crippen molar-refractivity contribution in [1.29, 1.82) is 0 Å². The third kappa shape index (κ3) is 3.54. The fraction of sp³-hybridized carbons (Fsp3) is 0.278. The van der Waals surface area contributed by atoms with Crippen molar-refractivity contribution >= 4 is 6.09 Å². The van der Waals surface area contributed by atoms with Crippen LogP contribution in [0, 0.1) is 11.6 Å². The van der Waals surface area contributed by atoms with Crippen molar-refractivity contribution in [2.45, 2.75) is 12.0 Å². The molecule has 2 aromatic carbocycles. The molecule has 3 rings (SSSR count). The van der Waals surface area contributed by atoms with Crippen LogP contribution in [-0.4, -0.2) is 37.2 Å². The Bertz CT molecular complexity index is 704. The standard InChI is InChI=1S/C18H18F2N2O2/c1-22(18(23)24-15-8-6-14(20)7-9-15)17-11-21-10-16(17)12-2-4-13(19)5-3-12/h2-9,16-17,21H,10-11H2,1H3/t16-,17+/m0/s1. The third-order valence-corrected chi connectivity index (χ3v) is 4.28. The Balaban J connectivity index is 1.70. The van der Waals surface area contributed by atoms with Gasteiger partial charge in [-0.15, -0.1) is 0 Å². The average Bonchev–Trinajstić information content (AvgIpc) is 3.06. The Kier molecular flexibility index (Phi) is 4.76. The molecule has 0 spiro atoms. The molecule has 4 nitrogen and oxygen atoms in total. The van der Waals surface area contributed by atoms with E-state index in [0.29, 0.717) is 13.1 Å². The molecule has 1 heterocycles. The van der Waals surface area contributed by atoms with Gasteiger partial charge in [-0.05, 0) is 42.0 Å². The number of nitrogens with one attached hydrogen (secondary N) is 1. The molecule has 0 aliphatic carbocycles. The monoisotopic (exact) mass is 332 g/mol. The zero-order chi connectivity index (χ0) is 17.1.